The molecule has 8 heteroatoms. The maximum absolute atomic E-state index is 13.5. The van der Waals surface area contributed by atoms with Crippen molar-refractivity contribution in [2.24, 2.45) is 23.7 Å². The molecule has 2 aromatic rings. The summed E-state index contributed by atoms with van der Waals surface area (Å²) in [5, 5.41) is 7.39. The molecule has 0 saturated heterocycles. The Morgan fingerprint density at radius 2 is 1.76 bits per heavy atom. The van der Waals surface area contributed by atoms with Gasteiger partial charge in [0.25, 0.3) is 0 Å². The predicted octanol–water partition coefficient (Wildman–Crippen LogP) is 4.01. The molecule has 0 spiro atoms. The van der Waals surface area contributed by atoms with Crippen molar-refractivity contribution in [2.45, 2.75) is 64.7 Å². The predicted molar refractivity (Wildman–Crippen MR) is 101 cm³/mol. The number of rotatable bonds is 3. The molecular formula is C21H25F3N4O. The van der Waals surface area contributed by atoms with Crippen molar-refractivity contribution in [3.63, 3.8) is 0 Å². The second-order valence-corrected chi connectivity index (χ2v) is 9.27. The lowest BCUT2D eigenvalue weighted by molar-refractivity contribution is -0.136. The number of amides is 1. The minimum atomic E-state index is -4.49. The number of aromatic nitrogens is 3. The van der Waals surface area contributed by atoms with Gasteiger partial charge in [-0.3, -0.25) is 4.79 Å². The zero-order valence-electron chi connectivity index (χ0n) is 16.6. The van der Waals surface area contributed by atoms with Gasteiger partial charge in [-0.25, -0.2) is 9.67 Å². The molecule has 4 fully saturated rings. The average molecular weight is 406 g/mol. The molecular weight excluding hydrogens is 381 g/mol. The van der Waals surface area contributed by atoms with E-state index in [-0.39, 0.29) is 40.9 Å². The molecule has 0 aliphatic heterocycles. The van der Waals surface area contributed by atoms with Gasteiger partial charge in [0.1, 0.15) is 6.54 Å². The molecule has 0 aromatic carbocycles. The highest BCUT2D eigenvalue weighted by Crippen LogP contribution is 2.53. The van der Waals surface area contributed by atoms with Crippen LogP contribution in [0.15, 0.2) is 6.07 Å². The van der Waals surface area contributed by atoms with Crippen LogP contribution in [0.2, 0.25) is 0 Å². The van der Waals surface area contributed by atoms with Crippen molar-refractivity contribution in [3.8, 4) is 0 Å². The maximum Gasteiger partial charge on any atom is 0.417 e. The molecule has 2 aromatic heterocycles. The van der Waals surface area contributed by atoms with Crippen LogP contribution in [0, 0.1) is 37.5 Å². The highest BCUT2D eigenvalue weighted by molar-refractivity contribution is 5.85. The summed E-state index contributed by atoms with van der Waals surface area (Å²) in [6.45, 7) is 2.94. The van der Waals surface area contributed by atoms with E-state index in [0.717, 1.165) is 17.9 Å². The number of hydrogen-bond donors (Lipinski definition) is 1. The summed E-state index contributed by atoms with van der Waals surface area (Å²) in [5.41, 5.74) is -0.130. The van der Waals surface area contributed by atoms with Gasteiger partial charge in [0.2, 0.25) is 5.91 Å². The number of fused-ring (bicyclic) bond motifs is 1. The van der Waals surface area contributed by atoms with Crippen molar-refractivity contribution in [1.29, 1.82) is 0 Å². The molecule has 29 heavy (non-hydrogen) atoms. The quantitative estimate of drug-likeness (QED) is 0.838. The molecule has 6 rings (SSSR count). The van der Waals surface area contributed by atoms with Crippen LogP contribution in [0.1, 0.15) is 49.1 Å². The molecule has 1 N–H and O–H groups in total. The lowest BCUT2D eigenvalue weighted by Gasteiger charge is -2.54. The number of nitrogens with one attached hydrogen (secondary N) is 1. The number of alkyl halides is 3. The zero-order chi connectivity index (χ0) is 20.5. The summed E-state index contributed by atoms with van der Waals surface area (Å²) in [6, 6.07) is 1.23. The summed E-state index contributed by atoms with van der Waals surface area (Å²) in [4.78, 5) is 17.1. The van der Waals surface area contributed by atoms with E-state index in [1.54, 1.807) is 0 Å². The monoisotopic (exact) mass is 406 g/mol. The Bertz CT molecular complexity index is 952. The van der Waals surface area contributed by atoms with E-state index >= 15 is 0 Å². The van der Waals surface area contributed by atoms with Crippen LogP contribution in [-0.4, -0.2) is 26.7 Å². The van der Waals surface area contributed by atoms with Crippen molar-refractivity contribution in [2.75, 3.05) is 0 Å². The van der Waals surface area contributed by atoms with Gasteiger partial charge in [-0.1, -0.05) is 0 Å². The fourth-order valence-electron chi connectivity index (χ4n) is 6.34. The van der Waals surface area contributed by atoms with Gasteiger partial charge in [-0.2, -0.15) is 18.3 Å². The van der Waals surface area contributed by atoms with Gasteiger partial charge in [0.05, 0.1) is 16.6 Å². The third-order valence-electron chi connectivity index (χ3n) is 7.16. The Morgan fingerprint density at radius 1 is 1.14 bits per heavy atom. The Balaban J connectivity index is 1.39. The van der Waals surface area contributed by atoms with Crippen LogP contribution in [0.3, 0.4) is 0 Å². The van der Waals surface area contributed by atoms with Crippen LogP contribution in [0.25, 0.3) is 11.0 Å². The number of carbonyl (C=O) groups is 1. The van der Waals surface area contributed by atoms with Crippen LogP contribution in [-0.2, 0) is 17.5 Å². The molecule has 0 radical (unpaired) electrons. The molecule has 4 bridgehead atoms. The first-order valence-corrected chi connectivity index (χ1v) is 10.4. The Labute approximate surface area is 167 Å². The largest absolute Gasteiger partial charge is 0.417 e. The summed E-state index contributed by atoms with van der Waals surface area (Å²) in [5.74, 6) is 2.53. The Kier molecular flexibility index (Phi) is 4.19. The topological polar surface area (TPSA) is 59.8 Å². The molecule has 4 aliphatic carbocycles. The number of aryl methyl sites for hydroxylation is 2. The molecule has 156 valence electrons. The van der Waals surface area contributed by atoms with E-state index in [4.69, 9.17) is 0 Å². The minimum Gasteiger partial charge on any atom is -0.351 e. The number of carbonyl (C=O) groups excluding carboxylic acids is 1. The van der Waals surface area contributed by atoms with Gasteiger partial charge in [0, 0.05) is 11.7 Å². The summed E-state index contributed by atoms with van der Waals surface area (Å²) < 4.78 is 41.8. The normalized spacial score (nSPS) is 30.9. The Hall–Kier alpha value is -2.12. The van der Waals surface area contributed by atoms with Crippen molar-refractivity contribution in [3.05, 3.63) is 23.0 Å². The van der Waals surface area contributed by atoms with E-state index in [2.05, 4.69) is 15.4 Å². The van der Waals surface area contributed by atoms with E-state index in [0.29, 0.717) is 11.8 Å². The lowest BCUT2D eigenvalue weighted by atomic mass is 9.54. The van der Waals surface area contributed by atoms with Crippen LogP contribution < -0.4 is 5.32 Å². The molecule has 2 heterocycles. The number of halogens is 3. The highest BCUT2D eigenvalue weighted by Gasteiger charge is 2.48. The van der Waals surface area contributed by atoms with Crippen molar-refractivity contribution < 1.29 is 18.0 Å². The van der Waals surface area contributed by atoms with E-state index < -0.39 is 11.7 Å². The summed E-state index contributed by atoms with van der Waals surface area (Å²) in [6.07, 6.45) is 1.62. The first-order chi connectivity index (χ1) is 13.7. The smallest absolute Gasteiger partial charge is 0.351 e. The van der Waals surface area contributed by atoms with E-state index in [1.807, 2.05) is 0 Å². The van der Waals surface area contributed by atoms with Crippen LogP contribution >= 0.6 is 0 Å². The molecule has 4 saturated carbocycles. The fraction of sp³-hybridized carbons (Fsp3) is 0.667. The number of hydrogen-bond acceptors (Lipinski definition) is 3. The van der Waals surface area contributed by atoms with Gasteiger partial charge >= 0.3 is 6.18 Å². The standard InChI is InChI=1S/C21H25F3N4O/c1-10-3-16(21(22,23)24)18-11(2)27-28(20(18)25-10)9-17(29)26-19-14-5-12-4-13(7-14)8-15(19)6-12/h3,12-15,19H,4-9H2,1-2H3,(H,26,29). The molecule has 4 aliphatic rings. The highest BCUT2D eigenvalue weighted by atomic mass is 19.4. The second kappa shape index (κ2) is 6.44. The Morgan fingerprint density at radius 3 is 2.34 bits per heavy atom. The molecule has 1 amide bonds. The van der Waals surface area contributed by atoms with Gasteiger partial charge in [0.15, 0.2) is 5.65 Å². The SMILES string of the molecule is Cc1cc(C(F)(F)F)c2c(C)nn(CC(=O)NC3C4CC5CC(C4)CC3C5)c2n1. The van der Waals surface area contributed by atoms with Gasteiger partial charge in [-0.05, 0) is 75.7 Å². The van der Waals surface area contributed by atoms with Crippen LogP contribution in [0.5, 0.6) is 0 Å². The molecule has 0 unspecified atom stereocenters. The first-order valence-electron chi connectivity index (χ1n) is 10.4. The lowest BCUT2D eigenvalue weighted by Crippen LogP contribution is -2.56. The van der Waals surface area contributed by atoms with E-state index in [1.165, 1.54) is 50.6 Å². The number of nitrogens with zero attached hydrogens (tertiary/aromatic N) is 3. The minimum absolute atomic E-state index is 0.0227. The maximum atomic E-state index is 13.5. The third kappa shape index (κ3) is 3.20. The van der Waals surface area contributed by atoms with E-state index in [9.17, 15) is 18.0 Å². The van der Waals surface area contributed by atoms with Gasteiger partial charge in [-0.15, -0.1) is 0 Å². The molecule has 0 atom stereocenters. The first kappa shape index (κ1) is 18.9. The molecule has 5 nitrogen and oxygen atoms in total. The fourth-order valence-corrected chi connectivity index (χ4v) is 6.34. The zero-order valence-corrected chi connectivity index (χ0v) is 16.6. The van der Waals surface area contributed by atoms with Crippen LogP contribution in [0.4, 0.5) is 13.2 Å². The summed E-state index contributed by atoms with van der Waals surface area (Å²) in [7, 11) is 0. The summed E-state index contributed by atoms with van der Waals surface area (Å²) >= 11 is 0. The van der Waals surface area contributed by atoms with Gasteiger partial charge < -0.3 is 5.32 Å². The second-order valence-electron chi connectivity index (χ2n) is 9.27. The number of pyridine rings is 1. The third-order valence-corrected chi connectivity index (χ3v) is 7.16. The average Bonchev–Trinajstić information content (AvgIpc) is 2.91. The van der Waals surface area contributed by atoms with Crippen molar-refractivity contribution in [1.82, 2.24) is 20.1 Å². The van der Waals surface area contributed by atoms with Crippen molar-refractivity contribution >= 4 is 16.9 Å².